The number of carbonyl (C=O) groups excluding carboxylic acids is 1. The number of carbonyl (C=O) groups is 2. The van der Waals surface area contributed by atoms with Crippen LogP contribution in [0.25, 0.3) is 0 Å². The summed E-state index contributed by atoms with van der Waals surface area (Å²) in [6, 6.07) is 0. The Morgan fingerprint density at radius 1 is 1.18 bits per heavy atom. The number of alkyl halides is 3. The van der Waals surface area contributed by atoms with Gasteiger partial charge in [0.2, 0.25) is 5.91 Å². The van der Waals surface area contributed by atoms with Crippen molar-refractivity contribution < 1.29 is 27.9 Å². The molecule has 1 amide bonds. The SMILES string of the molecule is CCC(CC)(CNC(=O)CC(F)(F)F)C(=O)O. The minimum atomic E-state index is -4.58. The summed E-state index contributed by atoms with van der Waals surface area (Å²) in [5.74, 6) is -2.32. The first-order valence-corrected chi connectivity index (χ1v) is 5.23. The van der Waals surface area contributed by atoms with E-state index in [1.54, 1.807) is 13.8 Å². The zero-order chi connectivity index (χ0) is 13.7. The second-order valence-corrected chi connectivity index (χ2v) is 3.86. The number of carboxylic acid groups (broad SMARTS) is 1. The number of rotatable bonds is 6. The Morgan fingerprint density at radius 2 is 1.65 bits per heavy atom. The van der Waals surface area contributed by atoms with Crippen LogP contribution in [0.2, 0.25) is 0 Å². The molecule has 0 unspecified atom stereocenters. The van der Waals surface area contributed by atoms with E-state index in [2.05, 4.69) is 0 Å². The van der Waals surface area contributed by atoms with Crippen molar-refractivity contribution >= 4 is 11.9 Å². The van der Waals surface area contributed by atoms with E-state index in [4.69, 9.17) is 5.11 Å². The minimum absolute atomic E-state index is 0.241. The molecule has 0 aromatic heterocycles. The Hall–Kier alpha value is -1.27. The highest BCUT2D eigenvalue weighted by molar-refractivity contribution is 5.79. The van der Waals surface area contributed by atoms with Crippen LogP contribution in [-0.4, -0.2) is 29.7 Å². The topological polar surface area (TPSA) is 66.4 Å². The summed E-state index contributed by atoms with van der Waals surface area (Å²) >= 11 is 0. The van der Waals surface area contributed by atoms with Gasteiger partial charge in [-0.2, -0.15) is 13.2 Å². The summed E-state index contributed by atoms with van der Waals surface area (Å²) in [6.07, 6.45) is -5.68. The van der Waals surface area contributed by atoms with Crippen LogP contribution in [0.1, 0.15) is 33.1 Å². The lowest BCUT2D eigenvalue weighted by Gasteiger charge is -2.26. The monoisotopic (exact) mass is 255 g/mol. The molecule has 0 fully saturated rings. The van der Waals surface area contributed by atoms with Gasteiger partial charge in [-0.25, -0.2) is 0 Å². The maximum atomic E-state index is 11.9. The predicted molar refractivity (Wildman–Crippen MR) is 54.3 cm³/mol. The standard InChI is InChI=1S/C10H16F3NO3/c1-3-9(4-2,8(16)17)6-14-7(15)5-10(11,12)13/h3-6H2,1-2H3,(H,14,15)(H,16,17). The third-order valence-electron chi connectivity index (χ3n) is 2.79. The van der Waals surface area contributed by atoms with E-state index in [0.29, 0.717) is 0 Å². The van der Waals surface area contributed by atoms with E-state index in [0.717, 1.165) is 0 Å². The number of halogens is 3. The zero-order valence-corrected chi connectivity index (χ0v) is 9.73. The number of amides is 1. The molecule has 17 heavy (non-hydrogen) atoms. The number of hydrogen-bond acceptors (Lipinski definition) is 2. The highest BCUT2D eigenvalue weighted by Crippen LogP contribution is 2.26. The summed E-state index contributed by atoms with van der Waals surface area (Å²) in [4.78, 5) is 21.9. The summed E-state index contributed by atoms with van der Waals surface area (Å²) < 4.78 is 35.6. The van der Waals surface area contributed by atoms with Gasteiger partial charge < -0.3 is 10.4 Å². The van der Waals surface area contributed by atoms with E-state index in [9.17, 15) is 22.8 Å². The van der Waals surface area contributed by atoms with Gasteiger partial charge in [0.15, 0.2) is 0 Å². The van der Waals surface area contributed by atoms with Crippen LogP contribution < -0.4 is 5.32 Å². The smallest absolute Gasteiger partial charge is 0.397 e. The minimum Gasteiger partial charge on any atom is -0.481 e. The number of carboxylic acids is 1. The lowest BCUT2D eigenvalue weighted by atomic mass is 9.82. The van der Waals surface area contributed by atoms with Crippen molar-refractivity contribution in [2.24, 2.45) is 5.41 Å². The van der Waals surface area contributed by atoms with Gasteiger partial charge in [0, 0.05) is 6.54 Å². The Kier molecular flexibility index (Phi) is 5.44. The summed E-state index contributed by atoms with van der Waals surface area (Å²) in [5.41, 5.74) is -1.19. The average Bonchev–Trinajstić information content (AvgIpc) is 2.17. The zero-order valence-electron chi connectivity index (χ0n) is 9.73. The van der Waals surface area contributed by atoms with Gasteiger partial charge in [0.25, 0.3) is 0 Å². The van der Waals surface area contributed by atoms with Crippen LogP contribution >= 0.6 is 0 Å². The van der Waals surface area contributed by atoms with E-state index in [1.807, 2.05) is 5.32 Å². The fourth-order valence-electron chi connectivity index (χ4n) is 1.39. The maximum Gasteiger partial charge on any atom is 0.397 e. The second-order valence-electron chi connectivity index (χ2n) is 3.86. The van der Waals surface area contributed by atoms with Crippen molar-refractivity contribution in [3.63, 3.8) is 0 Å². The molecule has 7 heteroatoms. The van der Waals surface area contributed by atoms with E-state index in [-0.39, 0.29) is 19.4 Å². The van der Waals surface area contributed by atoms with E-state index >= 15 is 0 Å². The average molecular weight is 255 g/mol. The molecule has 0 bridgehead atoms. The fourth-order valence-corrected chi connectivity index (χ4v) is 1.39. The van der Waals surface area contributed by atoms with Crippen LogP contribution in [0.3, 0.4) is 0 Å². The van der Waals surface area contributed by atoms with Gasteiger partial charge in [0.1, 0.15) is 6.42 Å². The molecular weight excluding hydrogens is 239 g/mol. The molecular formula is C10H16F3NO3. The summed E-state index contributed by atoms with van der Waals surface area (Å²) in [7, 11) is 0. The molecule has 100 valence electrons. The fraction of sp³-hybridized carbons (Fsp3) is 0.800. The largest absolute Gasteiger partial charge is 0.481 e. The molecule has 0 aromatic carbocycles. The quantitative estimate of drug-likeness (QED) is 0.762. The first-order valence-electron chi connectivity index (χ1n) is 5.23. The third-order valence-corrected chi connectivity index (χ3v) is 2.79. The third kappa shape index (κ3) is 5.06. The maximum absolute atomic E-state index is 11.9. The van der Waals surface area contributed by atoms with Crippen molar-refractivity contribution in [1.29, 1.82) is 0 Å². The predicted octanol–water partition coefficient (Wildman–Crippen LogP) is 1.95. The molecule has 0 saturated carbocycles. The highest BCUT2D eigenvalue weighted by Gasteiger charge is 2.37. The first-order chi connectivity index (χ1) is 7.67. The molecule has 0 aliphatic heterocycles. The van der Waals surface area contributed by atoms with Crippen molar-refractivity contribution in [3.8, 4) is 0 Å². The Bertz CT molecular complexity index is 285. The Morgan fingerprint density at radius 3 is 1.94 bits per heavy atom. The van der Waals surface area contributed by atoms with Crippen LogP contribution in [0, 0.1) is 5.41 Å². The molecule has 0 radical (unpaired) electrons. The summed E-state index contributed by atoms with van der Waals surface area (Å²) in [5, 5.41) is 11.0. The van der Waals surface area contributed by atoms with Crippen LogP contribution in [0.15, 0.2) is 0 Å². The first kappa shape index (κ1) is 15.7. The van der Waals surface area contributed by atoms with Gasteiger partial charge in [-0.1, -0.05) is 13.8 Å². The number of hydrogen-bond donors (Lipinski definition) is 2. The normalized spacial score (nSPS) is 12.3. The summed E-state index contributed by atoms with van der Waals surface area (Å²) in [6.45, 7) is 2.95. The van der Waals surface area contributed by atoms with Crippen molar-refractivity contribution in [2.45, 2.75) is 39.3 Å². The van der Waals surface area contributed by atoms with Crippen molar-refractivity contribution in [2.75, 3.05) is 6.54 Å². The lowest BCUT2D eigenvalue weighted by molar-refractivity contribution is -0.155. The number of nitrogens with one attached hydrogen (secondary N) is 1. The molecule has 0 rings (SSSR count). The lowest BCUT2D eigenvalue weighted by Crippen LogP contribution is -2.43. The molecule has 0 heterocycles. The van der Waals surface area contributed by atoms with Crippen LogP contribution in [0.5, 0.6) is 0 Å². The van der Waals surface area contributed by atoms with E-state index in [1.165, 1.54) is 0 Å². The molecule has 0 saturated heterocycles. The molecule has 2 N–H and O–H groups in total. The van der Waals surface area contributed by atoms with Crippen LogP contribution in [-0.2, 0) is 9.59 Å². The van der Waals surface area contributed by atoms with Gasteiger partial charge >= 0.3 is 12.1 Å². The molecule has 0 aromatic rings. The Labute approximate surface area is 97.2 Å². The van der Waals surface area contributed by atoms with Crippen LogP contribution in [0.4, 0.5) is 13.2 Å². The molecule has 0 atom stereocenters. The Balaban J connectivity index is 4.43. The van der Waals surface area contributed by atoms with Crippen molar-refractivity contribution in [3.05, 3.63) is 0 Å². The van der Waals surface area contributed by atoms with Gasteiger partial charge in [-0.05, 0) is 12.8 Å². The molecule has 0 spiro atoms. The van der Waals surface area contributed by atoms with Gasteiger partial charge in [-0.15, -0.1) is 0 Å². The molecule has 0 aliphatic carbocycles. The molecule has 0 aliphatic rings. The molecule has 4 nitrogen and oxygen atoms in total. The number of aliphatic carboxylic acids is 1. The van der Waals surface area contributed by atoms with Gasteiger partial charge in [-0.3, -0.25) is 9.59 Å². The van der Waals surface area contributed by atoms with Gasteiger partial charge in [0.05, 0.1) is 5.41 Å². The van der Waals surface area contributed by atoms with Crippen molar-refractivity contribution in [1.82, 2.24) is 5.32 Å². The highest BCUT2D eigenvalue weighted by atomic mass is 19.4. The van der Waals surface area contributed by atoms with E-state index < -0.39 is 29.9 Å². The second kappa shape index (κ2) is 5.88.